The third-order valence-corrected chi connectivity index (χ3v) is 3.26. The zero-order chi connectivity index (χ0) is 10.6. The predicted octanol–water partition coefficient (Wildman–Crippen LogP) is 3.06. The van der Waals surface area contributed by atoms with Gasteiger partial charge in [0.05, 0.1) is 12.0 Å². The predicted molar refractivity (Wildman–Crippen MR) is 62.1 cm³/mol. The van der Waals surface area contributed by atoms with Crippen molar-refractivity contribution in [3.63, 3.8) is 0 Å². The fourth-order valence-electron chi connectivity index (χ4n) is 1.56. The van der Waals surface area contributed by atoms with Crippen molar-refractivity contribution in [2.24, 2.45) is 5.92 Å². The van der Waals surface area contributed by atoms with Gasteiger partial charge in [0, 0.05) is 6.04 Å². The SMILES string of the molecule is CNC(CC(C)C)c1sccc1OC. The third kappa shape index (κ3) is 2.72. The van der Waals surface area contributed by atoms with Crippen LogP contribution in [0, 0.1) is 5.92 Å². The van der Waals surface area contributed by atoms with Crippen molar-refractivity contribution in [1.29, 1.82) is 0 Å². The van der Waals surface area contributed by atoms with Crippen LogP contribution in [0.25, 0.3) is 0 Å². The van der Waals surface area contributed by atoms with E-state index in [-0.39, 0.29) is 0 Å². The van der Waals surface area contributed by atoms with Gasteiger partial charge in [-0.25, -0.2) is 0 Å². The molecule has 1 aromatic heterocycles. The van der Waals surface area contributed by atoms with Crippen molar-refractivity contribution in [3.05, 3.63) is 16.3 Å². The number of thiophene rings is 1. The molecule has 2 nitrogen and oxygen atoms in total. The molecule has 80 valence electrons. The molecule has 1 rings (SSSR count). The molecule has 0 spiro atoms. The first-order valence-corrected chi connectivity index (χ1v) is 5.85. The van der Waals surface area contributed by atoms with E-state index in [9.17, 15) is 0 Å². The van der Waals surface area contributed by atoms with Crippen molar-refractivity contribution in [2.75, 3.05) is 14.2 Å². The Bertz CT molecular complexity index is 270. The molecular weight excluding hydrogens is 194 g/mol. The van der Waals surface area contributed by atoms with Crippen LogP contribution in [0.3, 0.4) is 0 Å². The maximum absolute atomic E-state index is 5.32. The Hall–Kier alpha value is -0.540. The van der Waals surface area contributed by atoms with Crippen molar-refractivity contribution in [1.82, 2.24) is 5.32 Å². The fraction of sp³-hybridized carbons (Fsp3) is 0.636. The Morgan fingerprint density at radius 2 is 2.21 bits per heavy atom. The van der Waals surface area contributed by atoms with Crippen LogP contribution in [0.1, 0.15) is 31.2 Å². The van der Waals surface area contributed by atoms with Gasteiger partial charge in [0.15, 0.2) is 0 Å². The summed E-state index contributed by atoms with van der Waals surface area (Å²) in [6, 6.07) is 2.45. The molecule has 0 amide bonds. The maximum atomic E-state index is 5.32. The zero-order valence-corrected chi connectivity index (χ0v) is 10.1. The summed E-state index contributed by atoms with van der Waals surface area (Å²) in [5, 5.41) is 5.42. The van der Waals surface area contributed by atoms with Gasteiger partial charge in [0.25, 0.3) is 0 Å². The summed E-state index contributed by atoms with van der Waals surface area (Å²) in [5.74, 6) is 1.70. The second-order valence-corrected chi connectivity index (χ2v) is 4.77. The Kier molecular flexibility index (Phi) is 4.42. The molecule has 0 aliphatic heterocycles. The summed E-state index contributed by atoms with van der Waals surface area (Å²) >= 11 is 1.76. The second kappa shape index (κ2) is 5.37. The van der Waals surface area contributed by atoms with E-state index >= 15 is 0 Å². The minimum atomic E-state index is 0.421. The molecule has 0 fully saturated rings. The van der Waals surface area contributed by atoms with Gasteiger partial charge >= 0.3 is 0 Å². The van der Waals surface area contributed by atoms with E-state index in [4.69, 9.17) is 4.74 Å². The molecule has 14 heavy (non-hydrogen) atoms. The molecule has 0 aliphatic rings. The highest BCUT2D eigenvalue weighted by Gasteiger charge is 2.16. The summed E-state index contributed by atoms with van der Waals surface area (Å²) in [6.07, 6.45) is 1.15. The number of ether oxygens (including phenoxy) is 1. The monoisotopic (exact) mass is 213 g/mol. The van der Waals surface area contributed by atoms with Crippen molar-refractivity contribution >= 4 is 11.3 Å². The number of hydrogen-bond donors (Lipinski definition) is 1. The van der Waals surface area contributed by atoms with Gasteiger partial charge in [0.2, 0.25) is 0 Å². The molecular formula is C11H19NOS. The van der Waals surface area contributed by atoms with Gasteiger partial charge in [-0.3, -0.25) is 0 Å². The third-order valence-electron chi connectivity index (χ3n) is 2.25. The topological polar surface area (TPSA) is 21.3 Å². The average molecular weight is 213 g/mol. The van der Waals surface area contributed by atoms with E-state index in [1.54, 1.807) is 18.4 Å². The summed E-state index contributed by atoms with van der Waals surface area (Å²) in [5.41, 5.74) is 0. The van der Waals surface area contributed by atoms with Gasteiger partial charge in [-0.05, 0) is 30.8 Å². The maximum Gasteiger partial charge on any atom is 0.134 e. The van der Waals surface area contributed by atoms with E-state index < -0.39 is 0 Å². The van der Waals surface area contributed by atoms with E-state index in [0.717, 1.165) is 12.2 Å². The van der Waals surface area contributed by atoms with Crippen LogP contribution < -0.4 is 10.1 Å². The van der Waals surface area contributed by atoms with Crippen LogP contribution in [0.15, 0.2) is 11.4 Å². The van der Waals surface area contributed by atoms with Gasteiger partial charge < -0.3 is 10.1 Å². The zero-order valence-electron chi connectivity index (χ0n) is 9.33. The first kappa shape index (κ1) is 11.5. The van der Waals surface area contributed by atoms with E-state index in [1.165, 1.54) is 4.88 Å². The normalized spacial score (nSPS) is 13.2. The number of methoxy groups -OCH3 is 1. The molecule has 1 N–H and O–H groups in total. The molecule has 1 aromatic rings. The van der Waals surface area contributed by atoms with Crippen LogP contribution in [-0.4, -0.2) is 14.2 Å². The van der Waals surface area contributed by atoms with E-state index in [2.05, 4.69) is 24.5 Å². The number of rotatable bonds is 5. The molecule has 0 radical (unpaired) electrons. The molecule has 0 aliphatic carbocycles. The summed E-state index contributed by atoms with van der Waals surface area (Å²) in [7, 11) is 3.74. The fourth-order valence-corrected chi connectivity index (χ4v) is 2.54. The quantitative estimate of drug-likeness (QED) is 0.811. The van der Waals surface area contributed by atoms with E-state index in [0.29, 0.717) is 12.0 Å². The highest BCUT2D eigenvalue weighted by molar-refractivity contribution is 7.10. The Morgan fingerprint density at radius 3 is 2.71 bits per heavy atom. The number of nitrogens with one attached hydrogen (secondary N) is 1. The van der Waals surface area contributed by atoms with Crippen LogP contribution >= 0.6 is 11.3 Å². The first-order valence-electron chi connectivity index (χ1n) is 4.97. The first-order chi connectivity index (χ1) is 6.69. The highest BCUT2D eigenvalue weighted by atomic mass is 32.1. The van der Waals surface area contributed by atoms with Gasteiger partial charge in [-0.1, -0.05) is 13.8 Å². The van der Waals surface area contributed by atoms with Crippen molar-refractivity contribution < 1.29 is 4.74 Å². The lowest BCUT2D eigenvalue weighted by Crippen LogP contribution is -2.17. The van der Waals surface area contributed by atoms with Gasteiger partial charge in [-0.2, -0.15) is 0 Å². The highest BCUT2D eigenvalue weighted by Crippen LogP contribution is 2.33. The molecule has 1 unspecified atom stereocenters. The largest absolute Gasteiger partial charge is 0.496 e. The van der Waals surface area contributed by atoms with Crippen LogP contribution in [0.2, 0.25) is 0 Å². The van der Waals surface area contributed by atoms with Crippen molar-refractivity contribution in [2.45, 2.75) is 26.3 Å². The summed E-state index contributed by atoms with van der Waals surface area (Å²) in [4.78, 5) is 1.31. The van der Waals surface area contributed by atoms with Gasteiger partial charge in [0.1, 0.15) is 5.75 Å². The Labute approximate surface area is 90.3 Å². The lowest BCUT2D eigenvalue weighted by molar-refractivity contribution is 0.394. The molecule has 0 saturated carbocycles. The Balaban J connectivity index is 2.77. The number of hydrogen-bond acceptors (Lipinski definition) is 3. The second-order valence-electron chi connectivity index (χ2n) is 3.82. The molecule has 1 heterocycles. The van der Waals surface area contributed by atoms with Crippen LogP contribution in [0.4, 0.5) is 0 Å². The summed E-state index contributed by atoms with van der Waals surface area (Å²) in [6.45, 7) is 4.48. The summed E-state index contributed by atoms with van der Waals surface area (Å²) < 4.78 is 5.32. The molecule has 1 atom stereocenters. The molecule has 0 aromatic carbocycles. The lowest BCUT2D eigenvalue weighted by Gasteiger charge is -2.18. The van der Waals surface area contributed by atoms with Crippen LogP contribution in [-0.2, 0) is 0 Å². The van der Waals surface area contributed by atoms with Crippen molar-refractivity contribution in [3.8, 4) is 5.75 Å². The standard InChI is InChI=1S/C11H19NOS/c1-8(2)7-9(12-3)11-10(13-4)5-6-14-11/h5-6,8-9,12H,7H2,1-4H3. The molecule has 0 bridgehead atoms. The van der Waals surface area contributed by atoms with Gasteiger partial charge in [-0.15, -0.1) is 11.3 Å². The Morgan fingerprint density at radius 1 is 1.50 bits per heavy atom. The average Bonchev–Trinajstić information content (AvgIpc) is 2.61. The van der Waals surface area contributed by atoms with Crippen LogP contribution in [0.5, 0.6) is 5.75 Å². The minimum Gasteiger partial charge on any atom is -0.496 e. The van der Waals surface area contributed by atoms with E-state index in [1.807, 2.05) is 13.1 Å². The molecule has 3 heteroatoms. The molecule has 0 saturated heterocycles. The smallest absolute Gasteiger partial charge is 0.134 e. The minimum absolute atomic E-state index is 0.421. The lowest BCUT2D eigenvalue weighted by atomic mass is 10.0.